The van der Waals surface area contributed by atoms with Gasteiger partial charge in [-0.3, -0.25) is 14.6 Å². The van der Waals surface area contributed by atoms with Crippen molar-refractivity contribution < 1.29 is 14.3 Å². The van der Waals surface area contributed by atoms with Gasteiger partial charge in [-0.15, -0.1) is 0 Å². The lowest BCUT2D eigenvalue weighted by molar-refractivity contribution is 0.112. The fraction of sp³-hybridized carbons (Fsp3) is 0.190. The Kier molecular flexibility index (Phi) is 4.80. The maximum Gasteiger partial charge on any atom is 0.263 e. The number of rotatable bonds is 6. The molecular formula is C21H19N3O4. The Labute approximate surface area is 161 Å². The van der Waals surface area contributed by atoms with Crippen LogP contribution in [0.1, 0.15) is 27.2 Å². The quantitative estimate of drug-likeness (QED) is 0.665. The molecule has 1 aromatic carbocycles. The van der Waals surface area contributed by atoms with E-state index in [0.717, 1.165) is 16.8 Å². The lowest BCUT2D eigenvalue weighted by atomic mass is 10.1. The van der Waals surface area contributed by atoms with Crippen molar-refractivity contribution in [2.24, 2.45) is 0 Å². The van der Waals surface area contributed by atoms with Gasteiger partial charge in [0.2, 0.25) is 6.79 Å². The molecule has 1 aliphatic heterocycles. The van der Waals surface area contributed by atoms with Crippen LogP contribution < -0.4 is 20.3 Å². The van der Waals surface area contributed by atoms with E-state index in [4.69, 9.17) is 9.47 Å². The van der Waals surface area contributed by atoms with Gasteiger partial charge in [-0.25, -0.2) is 0 Å². The van der Waals surface area contributed by atoms with Crippen LogP contribution in [0.2, 0.25) is 0 Å². The molecule has 7 heteroatoms. The van der Waals surface area contributed by atoms with Gasteiger partial charge < -0.3 is 19.4 Å². The van der Waals surface area contributed by atoms with Gasteiger partial charge in [-0.1, -0.05) is 12.1 Å². The van der Waals surface area contributed by atoms with Crippen molar-refractivity contribution >= 4 is 12.0 Å². The number of carbonyl (C=O) groups excluding carboxylic acids is 1. The Morgan fingerprint density at radius 2 is 2.04 bits per heavy atom. The Bertz CT molecular complexity index is 1080. The number of fused-ring (bicyclic) bond motifs is 1. The highest BCUT2D eigenvalue weighted by Crippen LogP contribution is 2.32. The average molecular weight is 377 g/mol. The smallest absolute Gasteiger partial charge is 0.263 e. The summed E-state index contributed by atoms with van der Waals surface area (Å²) in [5, 5.41) is 3.17. The number of hydrogen-bond donors (Lipinski definition) is 1. The number of pyridine rings is 2. The topological polar surface area (TPSA) is 82.5 Å². The van der Waals surface area contributed by atoms with Crippen molar-refractivity contribution in [2.75, 3.05) is 12.1 Å². The maximum atomic E-state index is 12.9. The van der Waals surface area contributed by atoms with Crippen LogP contribution in [0.4, 0.5) is 5.69 Å². The van der Waals surface area contributed by atoms with Gasteiger partial charge in [0.1, 0.15) is 5.56 Å². The highest BCUT2D eigenvalue weighted by Gasteiger charge is 2.16. The van der Waals surface area contributed by atoms with Gasteiger partial charge in [0, 0.05) is 24.6 Å². The summed E-state index contributed by atoms with van der Waals surface area (Å²) in [7, 11) is 0. The highest BCUT2D eigenvalue weighted by atomic mass is 16.7. The second-order valence-electron chi connectivity index (χ2n) is 6.52. The largest absolute Gasteiger partial charge is 0.454 e. The fourth-order valence-corrected chi connectivity index (χ4v) is 3.16. The zero-order chi connectivity index (χ0) is 19.5. The van der Waals surface area contributed by atoms with Crippen LogP contribution in [0.25, 0.3) is 0 Å². The summed E-state index contributed by atoms with van der Waals surface area (Å²) < 4.78 is 12.3. The van der Waals surface area contributed by atoms with Crippen molar-refractivity contribution in [3.63, 3.8) is 0 Å². The molecule has 0 fully saturated rings. The summed E-state index contributed by atoms with van der Waals surface area (Å²) in [6.07, 6.45) is 4.03. The number of carbonyl (C=O) groups is 1. The van der Waals surface area contributed by atoms with Crippen molar-refractivity contribution in [1.82, 2.24) is 9.55 Å². The van der Waals surface area contributed by atoms with E-state index in [2.05, 4.69) is 10.3 Å². The van der Waals surface area contributed by atoms with Gasteiger partial charge in [0.15, 0.2) is 17.8 Å². The molecule has 0 bridgehead atoms. The van der Waals surface area contributed by atoms with Crippen molar-refractivity contribution in [3.8, 4) is 11.5 Å². The molecule has 0 spiro atoms. The molecule has 0 radical (unpaired) electrons. The highest BCUT2D eigenvalue weighted by molar-refractivity contribution is 5.83. The standard InChI is InChI=1S/C21H19N3O4/c1-14-7-18(23-10-16-3-2-6-22-9-16)17(12-25)21(26)24(14)11-15-4-5-19-20(8-15)28-13-27-19/h2-9,12,23H,10-11,13H2,1H3. The first-order valence-corrected chi connectivity index (χ1v) is 8.86. The molecule has 1 N–H and O–H groups in total. The molecule has 1 aliphatic rings. The first kappa shape index (κ1) is 17.8. The van der Waals surface area contributed by atoms with Gasteiger partial charge >= 0.3 is 0 Å². The van der Waals surface area contributed by atoms with Crippen LogP contribution in [0, 0.1) is 6.92 Å². The number of nitrogens with one attached hydrogen (secondary N) is 1. The summed E-state index contributed by atoms with van der Waals surface area (Å²) in [4.78, 5) is 28.6. The number of aromatic nitrogens is 2. The number of hydrogen-bond acceptors (Lipinski definition) is 6. The second kappa shape index (κ2) is 7.56. The summed E-state index contributed by atoms with van der Waals surface area (Å²) >= 11 is 0. The van der Waals surface area contributed by atoms with Crippen LogP contribution >= 0.6 is 0 Å². The van der Waals surface area contributed by atoms with Crippen LogP contribution in [-0.4, -0.2) is 22.6 Å². The minimum atomic E-state index is -0.332. The summed E-state index contributed by atoms with van der Waals surface area (Å²) in [6, 6.07) is 11.1. The minimum Gasteiger partial charge on any atom is -0.454 e. The zero-order valence-electron chi connectivity index (χ0n) is 15.3. The molecule has 7 nitrogen and oxygen atoms in total. The fourth-order valence-electron chi connectivity index (χ4n) is 3.16. The zero-order valence-corrected chi connectivity index (χ0v) is 15.3. The molecule has 0 unspecified atom stereocenters. The Hall–Kier alpha value is -3.61. The lowest BCUT2D eigenvalue weighted by Gasteiger charge is -2.15. The van der Waals surface area contributed by atoms with Gasteiger partial charge in [0.05, 0.1) is 12.2 Å². The van der Waals surface area contributed by atoms with Crippen LogP contribution in [0.3, 0.4) is 0 Å². The van der Waals surface area contributed by atoms with E-state index in [1.807, 2.05) is 43.3 Å². The number of anilines is 1. The first-order valence-electron chi connectivity index (χ1n) is 8.86. The lowest BCUT2D eigenvalue weighted by Crippen LogP contribution is -2.27. The van der Waals surface area contributed by atoms with Crippen molar-refractivity contribution in [1.29, 1.82) is 0 Å². The van der Waals surface area contributed by atoms with Gasteiger partial charge in [0.25, 0.3) is 5.56 Å². The Morgan fingerprint density at radius 3 is 2.82 bits per heavy atom. The normalized spacial score (nSPS) is 12.0. The SMILES string of the molecule is Cc1cc(NCc2cccnc2)c(C=O)c(=O)n1Cc1ccc2c(c1)OCO2. The molecule has 3 aromatic rings. The number of benzene rings is 1. The number of ether oxygens (including phenoxy) is 2. The molecule has 2 aromatic heterocycles. The molecule has 28 heavy (non-hydrogen) atoms. The average Bonchev–Trinajstić information content (AvgIpc) is 3.18. The summed E-state index contributed by atoms with van der Waals surface area (Å²) in [6.45, 7) is 2.85. The van der Waals surface area contributed by atoms with Crippen LogP contribution in [0.5, 0.6) is 11.5 Å². The number of aryl methyl sites for hydroxylation is 1. The predicted octanol–water partition coefficient (Wildman–Crippen LogP) is 2.75. The third-order valence-electron chi connectivity index (χ3n) is 4.65. The predicted molar refractivity (Wildman–Crippen MR) is 104 cm³/mol. The van der Waals surface area contributed by atoms with E-state index in [1.165, 1.54) is 0 Å². The molecule has 3 heterocycles. The molecular weight excluding hydrogens is 358 g/mol. The van der Waals surface area contributed by atoms with E-state index in [9.17, 15) is 9.59 Å². The third kappa shape index (κ3) is 3.46. The summed E-state index contributed by atoms with van der Waals surface area (Å²) in [5.41, 5.74) is 2.89. The van der Waals surface area contributed by atoms with Crippen LogP contribution in [0.15, 0.2) is 53.6 Å². The van der Waals surface area contributed by atoms with Gasteiger partial charge in [-0.05, 0) is 42.3 Å². The molecule has 0 saturated heterocycles. The van der Waals surface area contributed by atoms with E-state index in [-0.39, 0.29) is 17.9 Å². The van der Waals surface area contributed by atoms with E-state index >= 15 is 0 Å². The minimum absolute atomic E-state index is 0.107. The third-order valence-corrected chi connectivity index (χ3v) is 4.65. The second-order valence-corrected chi connectivity index (χ2v) is 6.52. The summed E-state index contributed by atoms with van der Waals surface area (Å²) in [5.74, 6) is 1.35. The van der Waals surface area contributed by atoms with E-state index in [1.54, 1.807) is 17.0 Å². The first-order chi connectivity index (χ1) is 13.7. The van der Waals surface area contributed by atoms with Crippen molar-refractivity contribution in [2.45, 2.75) is 20.0 Å². The molecule has 4 rings (SSSR count). The monoisotopic (exact) mass is 377 g/mol. The van der Waals surface area contributed by atoms with Gasteiger partial charge in [-0.2, -0.15) is 0 Å². The van der Waals surface area contributed by atoms with E-state index < -0.39 is 0 Å². The number of aldehydes is 1. The van der Waals surface area contributed by atoms with Crippen LogP contribution in [-0.2, 0) is 13.1 Å². The maximum absolute atomic E-state index is 12.9. The molecule has 0 atom stereocenters. The Balaban J connectivity index is 1.62. The van der Waals surface area contributed by atoms with E-state index in [0.29, 0.717) is 36.6 Å². The van der Waals surface area contributed by atoms with Crippen molar-refractivity contribution in [3.05, 3.63) is 81.5 Å². The Morgan fingerprint density at radius 1 is 1.18 bits per heavy atom. The molecule has 0 amide bonds. The molecule has 142 valence electrons. The molecule has 0 aliphatic carbocycles. The molecule has 0 saturated carbocycles. The number of nitrogens with zero attached hydrogens (tertiary/aromatic N) is 2.